The van der Waals surface area contributed by atoms with Gasteiger partial charge in [0.1, 0.15) is 11.6 Å². The first-order valence-corrected chi connectivity index (χ1v) is 8.47. The second-order valence-electron chi connectivity index (χ2n) is 4.24. The second kappa shape index (κ2) is 6.23. The van der Waals surface area contributed by atoms with Gasteiger partial charge < -0.3 is 5.73 Å². The van der Waals surface area contributed by atoms with Gasteiger partial charge in [-0.05, 0) is 40.2 Å². The fourth-order valence-corrected chi connectivity index (χ4v) is 3.89. The molecule has 0 amide bonds. The summed E-state index contributed by atoms with van der Waals surface area (Å²) in [4.78, 5) is 8.00. The number of hydrogen-bond donors (Lipinski definition) is 1. The zero-order valence-corrected chi connectivity index (χ0v) is 14.1. The summed E-state index contributed by atoms with van der Waals surface area (Å²) in [5, 5.41) is 0.477. The first kappa shape index (κ1) is 15.3. The van der Waals surface area contributed by atoms with Gasteiger partial charge in [0.15, 0.2) is 9.05 Å². The van der Waals surface area contributed by atoms with Crippen LogP contribution in [-0.2, 0) is 0 Å². The number of nitrogen functional groups attached to an aromatic ring is 1. The molecule has 112 valence electrons. The Balaban J connectivity index is 0.000000131. The van der Waals surface area contributed by atoms with E-state index in [9.17, 15) is 8.78 Å². The average Bonchev–Trinajstić information content (AvgIpc) is 2.99. The number of halogens is 3. The summed E-state index contributed by atoms with van der Waals surface area (Å²) in [5.74, 6) is -0.516. The third-order valence-corrected chi connectivity index (χ3v) is 5.04. The van der Waals surface area contributed by atoms with E-state index >= 15 is 0 Å². The quantitative estimate of drug-likeness (QED) is 0.441. The van der Waals surface area contributed by atoms with Gasteiger partial charge in [0.2, 0.25) is 0 Å². The smallest absolute Gasteiger partial charge is 0.181 e. The number of nitrogens with zero attached hydrogens (tertiary/aromatic N) is 2. The second-order valence-corrected chi connectivity index (χ2v) is 7.61. The van der Waals surface area contributed by atoms with Crippen LogP contribution >= 0.6 is 38.6 Å². The Morgan fingerprint density at radius 3 is 2.05 bits per heavy atom. The standard InChI is InChI=1S/C7H3BrFNS.C7H5FN2S/c8-7-10-5-3-4(9)1-2-6(5)11-7;8-4-1-2-6-5(3-4)10-7(9)11-6/h1-3H;1-3H,(H2,9,10). The van der Waals surface area contributed by atoms with Crippen molar-refractivity contribution >= 4 is 64.2 Å². The molecule has 0 aliphatic rings. The molecule has 2 aromatic carbocycles. The third-order valence-electron chi connectivity index (χ3n) is 2.69. The molecule has 2 heterocycles. The number of hydrogen-bond acceptors (Lipinski definition) is 5. The van der Waals surface area contributed by atoms with E-state index in [0.717, 1.165) is 13.3 Å². The van der Waals surface area contributed by atoms with Gasteiger partial charge in [-0.2, -0.15) is 0 Å². The van der Waals surface area contributed by atoms with E-state index in [1.807, 2.05) is 0 Å². The van der Waals surface area contributed by atoms with Gasteiger partial charge in [-0.15, -0.1) is 11.3 Å². The van der Waals surface area contributed by atoms with Crippen LogP contribution in [-0.4, -0.2) is 9.97 Å². The molecule has 2 aromatic heterocycles. The van der Waals surface area contributed by atoms with E-state index < -0.39 is 0 Å². The predicted octanol–water partition coefficient (Wildman–Crippen LogP) is 5.22. The van der Waals surface area contributed by atoms with Crippen LogP contribution in [0.3, 0.4) is 0 Å². The van der Waals surface area contributed by atoms with Crippen LogP contribution in [0.4, 0.5) is 13.9 Å². The van der Waals surface area contributed by atoms with Crippen LogP contribution in [0.5, 0.6) is 0 Å². The molecule has 0 saturated heterocycles. The van der Waals surface area contributed by atoms with Crippen molar-refractivity contribution in [2.24, 2.45) is 0 Å². The lowest BCUT2D eigenvalue weighted by molar-refractivity contribution is 0.629. The number of anilines is 1. The highest BCUT2D eigenvalue weighted by molar-refractivity contribution is 9.11. The van der Waals surface area contributed by atoms with Gasteiger partial charge in [0, 0.05) is 12.1 Å². The molecular formula is C14H8BrF2N3S2. The number of thiazole rings is 2. The molecule has 0 spiro atoms. The Bertz CT molecular complexity index is 874. The molecule has 0 radical (unpaired) electrons. The minimum absolute atomic E-state index is 0.240. The summed E-state index contributed by atoms with van der Waals surface area (Å²) >= 11 is 6.09. The van der Waals surface area contributed by atoms with Crippen molar-refractivity contribution in [2.75, 3.05) is 5.73 Å². The largest absolute Gasteiger partial charge is 0.375 e. The number of nitrogens with two attached hydrogens (primary N) is 1. The lowest BCUT2D eigenvalue weighted by Gasteiger charge is -1.85. The molecule has 22 heavy (non-hydrogen) atoms. The molecule has 2 N–H and O–H groups in total. The van der Waals surface area contributed by atoms with Crippen molar-refractivity contribution in [3.63, 3.8) is 0 Å². The van der Waals surface area contributed by atoms with Crippen molar-refractivity contribution < 1.29 is 8.78 Å². The summed E-state index contributed by atoms with van der Waals surface area (Å²) in [5.41, 5.74) is 6.77. The van der Waals surface area contributed by atoms with Gasteiger partial charge in [-0.25, -0.2) is 18.7 Å². The Hall–Kier alpha value is -1.64. The van der Waals surface area contributed by atoms with Crippen molar-refractivity contribution in [1.82, 2.24) is 9.97 Å². The van der Waals surface area contributed by atoms with E-state index in [1.54, 1.807) is 12.1 Å². The Labute approximate surface area is 140 Å². The normalized spacial score (nSPS) is 10.7. The highest BCUT2D eigenvalue weighted by atomic mass is 79.9. The van der Waals surface area contributed by atoms with Gasteiger partial charge in [0.05, 0.1) is 20.4 Å². The summed E-state index contributed by atoms with van der Waals surface area (Å²) in [6.07, 6.45) is 0. The van der Waals surface area contributed by atoms with Crippen LogP contribution in [0, 0.1) is 11.6 Å². The molecule has 0 aliphatic carbocycles. The molecule has 4 aromatic rings. The minimum atomic E-state index is -0.275. The monoisotopic (exact) mass is 399 g/mol. The summed E-state index contributed by atoms with van der Waals surface area (Å²) in [7, 11) is 0. The minimum Gasteiger partial charge on any atom is -0.375 e. The number of fused-ring (bicyclic) bond motifs is 2. The number of benzene rings is 2. The van der Waals surface area contributed by atoms with Crippen molar-refractivity contribution in [1.29, 1.82) is 0 Å². The van der Waals surface area contributed by atoms with Gasteiger partial charge in [0.25, 0.3) is 0 Å². The zero-order valence-electron chi connectivity index (χ0n) is 10.9. The fraction of sp³-hybridized carbons (Fsp3) is 0. The molecule has 0 bridgehead atoms. The zero-order chi connectivity index (χ0) is 15.7. The van der Waals surface area contributed by atoms with Crippen LogP contribution in [0.15, 0.2) is 40.3 Å². The Morgan fingerprint density at radius 2 is 1.41 bits per heavy atom. The van der Waals surface area contributed by atoms with Crippen LogP contribution in [0.25, 0.3) is 20.4 Å². The molecular weight excluding hydrogens is 392 g/mol. The van der Waals surface area contributed by atoms with Crippen molar-refractivity contribution in [2.45, 2.75) is 0 Å². The SMILES string of the molecule is Fc1ccc2sc(Br)nc2c1.Nc1nc2cc(F)ccc2s1. The van der Waals surface area contributed by atoms with E-state index in [1.165, 1.54) is 46.9 Å². The third kappa shape index (κ3) is 3.40. The van der Waals surface area contributed by atoms with E-state index in [-0.39, 0.29) is 11.6 Å². The highest BCUT2D eigenvalue weighted by Gasteiger charge is 2.01. The van der Waals surface area contributed by atoms with Crippen LogP contribution < -0.4 is 5.73 Å². The summed E-state index contributed by atoms with van der Waals surface area (Å²) in [6, 6.07) is 9.05. The lowest BCUT2D eigenvalue weighted by Crippen LogP contribution is -1.79. The fourth-order valence-electron chi connectivity index (χ4n) is 1.79. The molecule has 3 nitrogen and oxygen atoms in total. The van der Waals surface area contributed by atoms with Gasteiger partial charge in [-0.3, -0.25) is 0 Å². The molecule has 8 heteroatoms. The number of rotatable bonds is 0. The van der Waals surface area contributed by atoms with E-state index in [4.69, 9.17) is 5.73 Å². The van der Waals surface area contributed by atoms with Gasteiger partial charge >= 0.3 is 0 Å². The Kier molecular flexibility index (Phi) is 4.32. The number of aromatic nitrogens is 2. The summed E-state index contributed by atoms with van der Waals surface area (Å²) < 4.78 is 27.9. The maximum atomic E-state index is 12.6. The lowest BCUT2D eigenvalue weighted by atomic mass is 10.3. The van der Waals surface area contributed by atoms with Crippen LogP contribution in [0.1, 0.15) is 0 Å². The Morgan fingerprint density at radius 1 is 0.864 bits per heavy atom. The average molecular weight is 400 g/mol. The van der Waals surface area contributed by atoms with E-state index in [2.05, 4.69) is 25.9 Å². The molecule has 0 saturated carbocycles. The van der Waals surface area contributed by atoms with Crippen molar-refractivity contribution in [3.05, 3.63) is 51.9 Å². The highest BCUT2D eigenvalue weighted by Crippen LogP contribution is 2.26. The summed E-state index contributed by atoms with van der Waals surface area (Å²) in [6.45, 7) is 0. The molecule has 0 fully saturated rings. The van der Waals surface area contributed by atoms with Crippen molar-refractivity contribution in [3.8, 4) is 0 Å². The molecule has 4 rings (SSSR count). The molecule has 0 aliphatic heterocycles. The van der Waals surface area contributed by atoms with Crippen LogP contribution in [0.2, 0.25) is 0 Å². The topological polar surface area (TPSA) is 51.8 Å². The molecule has 0 atom stereocenters. The first-order valence-electron chi connectivity index (χ1n) is 6.04. The van der Waals surface area contributed by atoms with Gasteiger partial charge in [-0.1, -0.05) is 11.3 Å². The maximum absolute atomic E-state index is 12.6. The molecule has 0 unspecified atom stereocenters. The maximum Gasteiger partial charge on any atom is 0.181 e. The predicted molar refractivity (Wildman–Crippen MR) is 91.3 cm³/mol. The van der Waals surface area contributed by atoms with E-state index in [0.29, 0.717) is 16.2 Å². The first-order chi connectivity index (χ1) is 10.5.